The molecule has 4 nitrogen and oxygen atoms in total. The molecule has 0 N–H and O–H groups in total. The third-order valence-corrected chi connectivity index (χ3v) is 5.60. The van der Waals surface area contributed by atoms with Crippen molar-refractivity contribution in [3.8, 4) is 0 Å². The van der Waals surface area contributed by atoms with Crippen molar-refractivity contribution in [3.63, 3.8) is 0 Å². The van der Waals surface area contributed by atoms with Crippen LogP contribution in [0.3, 0.4) is 0 Å². The summed E-state index contributed by atoms with van der Waals surface area (Å²) in [6.07, 6.45) is 0.987. The summed E-state index contributed by atoms with van der Waals surface area (Å²) in [5.41, 5.74) is 2.37. The minimum absolute atomic E-state index is 0.177. The Morgan fingerprint density at radius 2 is 1.82 bits per heavy atom. The van der Waals surface area contributed by atoms with Crippen LogP contribution >= 0.6 is 11.3 Å². The predicted molar refractivity (Wildman–Crippen MR) is 85.0 cm³/mol. The molecule has 0 unspecified atom stereocenters. The van der Waals surface area contributed by atoms with Crippen LogP contribution in [0.4, 0.5) is 0 Å². The molecule has 0 fully saturated rings. The Morgan fingerprint density at radius 3 is 2.50 bits per heavy atom. The maximum absolute atomic E-state index is 12.5. The van der Waals surface area contributed by atoms with Gasteiger partial charge in [0.1, 0.15) is 0 Å². The van der Waals surface area contributed by atoms with Gasteiger partial charge in [0.25, 0.3) is 11.8 Å². The first kappa shape index (κ1) is 13.7. The van der Waals surface area contributed by atoms with Crippen LogP contribution < -0.4 is 0 Å². The van der Waals surface area contributed by atoms with Gasteiger partial charge in [0, 0.05) is 17.5 Å². The summed E-state index contributed by atoms with van der Waals surface area (Å²) in [7, 11) is 0. The van der Waals surface area contributed by atoms with E-state index < -0.39 is 0 Å². The van der Waals surface area contributed by atoms with Gasteiger partial charge in [-0.05, 0) is 42.5 Å². The van der Waals surface area contributed by atoms with Crippen molar-refractivity contribution in [2.24, 2.45) is 0 Å². The topological polar surface area (TPSA) is 40.6 Å². The van der Waals surface area contributed by atoms with Crippen molar-refractivity contribution in [1.82, 2.24) is 9.80 Å². The molecular formula is C17H16N2O2S. The Bertz CT molecular complexity index is 733. The van der Waals surface area contributed by atoms with E-state index >= 15 is 0 Å². The third kappa shape index (κ3) is 1.93. The van der Waals surface area contributed by atoms with E-state index in [1.54, 1.807) is 35.6 Å². The number of benzene rings is 1. The van der Waals surface area contributed by atoms with Gasteiger partial charge in [-0.15, -0.1) is 11.3 Å². The van der Waals surface area contributed by atoms with Crippen molar-refractivity contribution < 1.29 is 9.59 Å². The number of carbonyl (C=O) groups excluding carboxylic acids is 2. The molecule has 112 valence electrons. The molecule has 1 atom stereocenters. The molecule has 0 bridgehead atoms. The maximum atomic E-state index is 12.5. The smallest absolute Gasteiger partial charge is 0.262 e. The number of hydrogen-bond donors (Lipinski definition) is 0. The van der Waals surface area contributed by atoms with Crippen LogP contribution in [0.15, 0.2) is 35.7 Å². The summed E-state index contributed by atoms with van der Waals surface area (Å²) in [4.78, 5) is 29.9. The third-order valence-electron chi connectivity index (χ3n) is 4.61. The zero-order chi connectivity index (χ0) is 15.3. The second kappa shape index (κ2) is 5.04. The largest absolute Gasteiger partial charge is 0.278 e. The van der Waals surface area contributed by atoms with Gasteiger partial charge in [0.15, 0.2) is 0 Å². The van der Waals surface area contributed by atoms with Gasteiger partial charge in [0.05, 0.1) is 17.8 Å². The maximum Gasteiger partial charge on any atom is 0.262 e. The molecule has 1 aromatic heterocycles. The lowest BCUT2D eigenvalue weighted by molar-refractivity contribution is 0.0482. The first-order chi connectivity index (χ1) is 10.7. The van der Waals surface area contributed by atoms with E-state index in [0.717, 1.165) is 13.0 Å². The lowest BCUT2D eigenvalue weighted by atomic mass is 10.0. The quantitative estimate of drug-likeness (QED) is 0.801. The molecule has 22 heavy (non-hydrogen) atoms. The lowest BCUT2D eigenvalue weighted by Crippen LogP contribution is -2.44. The van der Waals surface area contributed by atoms with Crippen molar-refractivity contribution in [2.45, 2.75) is 19.4 Å². The normalized spacial score (nSPS) is 21.1. The Morgan fingerprint density at radius 1 is 1.14 bits per heavy atom. The summed E-state index contributed by atoms with van der Waals surface area (Å²) in [5.74, 6) is -0.354. The van der Waals surface area contributed by atoms with Crippen LogP contribution in [0.1, 0.15) is 44.1 Å². The Kier molecular flexibility index (Phi) is 3.13. The fourth-order valence-corrected chi connectivity index (χ4v) is 4.27. The van der Waals surface area contributed by atoms with Crippen molar-refractivity contribution in [3.05, 3.63) is 57.3 Å². The molecule has 1 aromatic carbocycles. The highest BCUT2D eigenvalue weighted by Gasteiger charge is 2.37. The average Bonchev–Trinajstić information content (AvgIpc) is 3.10. The fourth-order valence-electron chi connectivity index (χ4n) is 3.30. The molecule has 3 heterocycles. The predicted octanol–water partition coefficient (Wildman–Crippen LogP) is 2.92. The van der Waals surface area contributed by atoms with Gasteiger partial charge >= 0.3 is 0 Å². The monoisotopic (exact) mass is 312 g/mol. The molecule has 2 amide bonds. The zero-order valence-electron chi connectivity index (χ0n) is 12.3. The minimum Gasteiger partial charge on any atom is -0.278 e. The van der Waals surface area contributed by atoms with Gasteiger partial charge in [-0.25, -0.2) is 0 Å². The highest BCUT2D eigenvalue weighted by molar-refractivity contribution is 7.10. The van der Waals surface area contributed by atoms with Crippen molar-refractivity contribution >= 4 is 23.2 Å². The molecule has 0 saturated carbocycles. The second-order valence-corrected chi connectivity index (χ2v) is 6.76. The standard InChI is InChI=1S/C17H16N2O2S/c1-11-12-7-9-22-15(12)6-8-18(11)10-19-16(20)13-4-2-3-5-14(13)17(19)21/h2-5,7,9,11H,6,8,10H2,1H3/t11-/m1/s1. The van der Waals surface area contributed by atoms with Gasteiger partial charge < -0.3 is 0 Å². The summed E-state index contributed by atoms with van der Waals surface area (Å²) in [6, 6.07) is 9.44. The Labute approximate surface area is 133 Å². The molecule has 2 aliphatic heterocycles. The molecule has 0 spiro atoms. The summed E-state index contributed by atoms with van der Waals surface area (Å²) in [5, 5.41) is 2.12. The van der Waals surface area contributed by atoms with E-state index in [-0.39, 0.29) is 17.9 Å². The minimum atomic E-state index is -0.177. The van der Waals surface area contributed by atoms with Crippen LogP contribution in [-0.2, 0) is 6.42 Å². The van der Waals surface area contributed by atoms with Gasteiger partial charge in [0.2, 0.25) is 0 Å². The first-order valence-electron chi connectivity index (χ1n) is 7.42. The number of nitrogens with zero attached hydrogens (tertiary/aromatic N) is 2. The van der Waals surface area contributed by atoms with Crippen LogP contribution in [-0.4, -0.2) is 34.8 Å². The van der Waals surface area contributed by atoms with Crippen LogP contribution in [0.5, 0.6) is 0 Å². The molecular weight excluding hydrogens is 296 g/mol. The molecule has 2 aliphatic rings. The van der Waals surface area contributed by atoms with Gasteiger partial charge in [-0.3, -0.25) is 19.4 Å². The second-order valence-electron chi connectivity index (χ2n) is 5.76. The van der Waals surface area contributed by atoms with E-state index in [2.05, 4.69) is 23.3 Å². The number of hydrogen-bond acceptors (Lipinski definition) is 4. The fraction of sp³-hybridized carbons (Fsp3) is 0.294. The zero-order valence-corrected chi connectivity index (χ0v) is 13.1. The molecule has 2 aromatic rings. The van der Waals surface area contributed by atoms with E-state index in [1.807, 2.05) is 0 Å². The summed E-state index contributed by atoms with van der Waals surface area (Å²) >= 11 is 1.79. The van der Waals surface area contributed by atoms with E-state index in [0.29, 0.717) is 17.8 Å². The van der Waals surface area contributed by atoms with Crippen LogP contribution in [0.25, 0.3) is 0 Å². The number of carbonyl (C=O) groups is 2. The highest BCUT2D eigenvalue weighted by Crippen LogP contribution is 2.33. The summed E-state index contributed by atoms with van der Waals surface area (Å²) in [6.45, 7) is 3.38. The summed E-state index contributed by atoms with van der Waals surface area (Å²) < 4.78 is 0. The lowest BCUT2D eigenvalue weighted by Gasteiger charge is -2.35. The molecule has 5 heteroatoms. The van der Waals surface area contributed by atoms with Crippen molar-refractivity contribution in [1.29, 1.82) is 0 Å². The van der Waals surface area contributed by atoms with E-state index in [1.165, 1.54) is 15.3 Å². The number of rotatable bonds is 2. The molecule has 0 aliphatic carbocycles. The Balaban J connectivity index is 1.58. The average molecular weight is 312 g/mol. The van der Waals surface area contributed by atoms with Gasteiger partial charge in [-0.2, -0.15) is 0 Å². The molecule has 4 rings (SSSR count). The molecule has 0 saturated heterocycles. The van der Waals surface area contributed by atoms with Gasteiger partial charge in [-0.1, -0.05) is 12.1 Å². The van der Waals surface area contributed by atoms with E-state index in [9.17, 15) is 9.59 Å². The molecule has 0 radical (unpaired) electrons. The number of amides is 2. The first-order valence-corrected chi connectivity index (χ1v) is 8.30. The van der Waals surface area contributed by atoms with E-state index in [4.69, 9.17) is 0 Å². The van der Waals surface area contributed by atoms with Crippen LogP contribution in [0.2, 0.25) is 0 Å². The number of fused-ring (bicyclic) bond motifs is 2. The number of thiophene rings is 1. The Hall–Kier alpha value is -1.98. The van der Waals surface area contributed by atoms with Crippen LogP contribution in [0, 0.1) is 0 Å². The highest BCUT2D eigenvalue weighted by atomic mass is 32.1. The number of imide groups is 1. The van der Waals surface area contributed by atoms with Crippen molar-refractivity contribution in [2.75, 3.05) is 13.2 Å². The SMILES string of the molecule is C[C@@H]1c2ccsc2CCN1CN1C(=O)c2ccccc2C1=O.